The minimum absolute atomic E-state index is 0.214. The second kappa shape index (κ2) is 9.81. The van der Waals surface area contributed by atoms with Gasteiger partial charge >= 0.3 is 23.9 Å². The summed E-state index contributed by atoms with van der Waals surface area (Å²) in [5.41, 5.74) is 3.00. The fraction of sp³-hybridized carbons (Fsp3) is 0.259. The molecule has 2 saturated heterocycles. The van der Waals surface area contributed by atoms with Crippen LogP contribution in [0.2, 0.25) is 0 Å². The molecule has 2 fully saturated rings. The van der Waals surface area contributed by atoms with Crippen LogP contribution in [0, 0.1) is 0 Å². The number of hydrogen-bond donors (Lipinski definition) is 2. The largest absolute Gasteiger partial charge is 0.419 e. The Balaban J connectivity index is 1.33. The van der Waals surface area contributed by atoms with E-state index in [2.05, 4.69) is 10.6 Å². The van der Waals surface area contributed by atoms with Gasteiger partial charge in [-0.25, -0.2) is 19.2 Å². The Morgan fingerprint density at radius 2 is 0.865 bits per heavy atom. The molecule has 0 aliphatic carbocycles. The van der Waals surface area contributed by atoms with Gasteiger partial charge in [-0.1, -0.05) is 24.3 Å². The Kier molecular flexibility index (Phi) is 6.76. The monoisotopic (exact) mass is 506 g/mol. The fourth-order valence-corrected chi connectivity index (χ4v) is 3.54. The number of benzene rings is 2. The van der Waals surface area contributed by atoms with Gasteiger partial charge in [-0.05, 0) is 41.8 Å². The van der Waals surface area contributed by atoms with E-state index in [-0.39, 0.29) is 11.1 Å². The van der Waals surface area contributed by atoms with Crippen molar-refractivity contribution < 1.29 is 38.1 Å². The quantitative estimate of drug-likeness (QED) is 0.341. The summed E-state index contributed by atoms with van der Waals surface area (Å²) in [5, 5.41) is 5.82. The van der Waals surface area contributed by atoms with Gasteiger partial charge in [0.15, 0.2) is 11.1 Å². The Labute approximate surface area is 213 Å². The van der Waals surface area contributed by atoms with Crippen molar-refractivity contribution in [2.45, 2.75) is 45.7 Å². The van der Waals surface area contributed by atoms with Crippen molar-refractivity contribution in [2.24, 2.45) is 0 Å². The molecule has 0 spiro atoms. The summed E-state index contributed by atoms with van der Waals surface area (Å²) >= 11 is 0. The summed E-state index contributed by atoms with van der Waals surface area (Å²) in [4.78, 5) is 48.1. The molecule has 0 atom stereocenters. The molecule has 37 heavy (non-hydrogen) atoms. The van der Waals surface area contributed by atoms with E-state index in [1.54, 1.807) is 0 Å². The van der Waals surface area contributed by atoms with Gasteiger partial charge in [-0.2, -0.15) is 0 Å². The molecule has 0 bridgehead atoms. The highest BCUT2D eigenvalue weighted by molar-refractivity contribution is 6.16. The molecule has 0 amide bonds. The Hall–Kier alpha value is -4.60. The summed E-state index contributed by atoms with van der Waals surface area (Å²) in [5.74, 6) is -5.56. The standard InChI is InChI=1S/C27H26N2O8/c1-26(2)34-22(30)20(23(31)35-26)14-28-18-9-5-16(6-10-18)13-17-7-11-19(12-8-17)29-15-21-24(32)36-27(3,4)37-25(21)33/h5-12,14-15,28-29H,13H2,1-4H3. The summed E-state index contributed by atoms with van der Waals surface area (Å²) in [6.07, 6.45) is 3.19. The van der Waals surface area contributed by atoms with Gasteiger partial charge in [0.25, 0.3) is 11.6 Å². The first-order valence-electron chi connectivity index (χ1n) is 11.5. The number of carbonyl (C=O) groups excluding carboxylic acids is 4. The average molecular weight is 507 g/mol. The smallest absolute Gasteiger partial charge is 0.350 e. The van der Waals surface area contributed by atoms with Crippen LogP contribution in [0.25, 0.3) is 0 Å². The van der Waals surface area contributed by atoms with Gasteiger partial charge in [-0.3, -0.25) is 0 Å². The summed E-state index contributed by atoms with van der Waals surface area (Å²) in [6.45, 7) is 5.95. The van der Waals surface area contributed by atoms with E-state index in [0.29, 0.717) is 17.8 Å². The molecular weight excluding hydrogens is 480 g/mol. The highest BCUT2D eigenvalue weighted by atomic mass is 16.7. The molecule has 0 aromatic heterocycles. The maximum absolute atomic E-state index is 12.0. The lowest BCUT2D eigenvalue weighted by Crippen LogP contribution is -2.42. The SMILES string of the molecule is CC1(C)OC(=O)C(=CNc2ccc(Cc3ccc(NC=C4C(=O)OC(C)(C)OC4=O)cc3)cc2)C(=O)O1. The lowest BCUT2D eigenvalue weighted by atomic mass is 10.0. The third kappa shape index (κ3) is 6.35. The highest BCUT2D eigenvalue weighted by Gasteiger charge is 2.39. The Bertz CT molecular complexity index is 1160. The van der Waals surface area contributed by atoms with Crippen LogP contribution in [0.5, 0.6) is 0 Å². The van der Waals surface area contributed by atoms with Crippen molar-refractivity contribution in [3.8, 4) is 0 Å². The van der Waals surface area contributed by atoms with Crippen molar-refractivity contribution >= 4 is 35.3 Å². The van der Waals surface area contributed by atoms with Crippen LogP contribution in [0.15, 0.2) is 72.1 Å². The Morgan fingerprint density at radius 3 is 1.16 bits per heavy atom. The number of esters is 4. The van der Waals surface area contributed by atoms with Crippen molar-refractivity contribution in [3.63, 3.8) is 0 Å². The molecule has 2 aliphatic rings. The predicted molar refractivity (Wildman–Crippen MR) is 132 cm³/mol. The first-order valence-corrected chi connectivity index (χ1v) is 11.5. The normalized spacial score (nSPS) is 18.2. The van der Waals surface area contributed by atoms with E-state index >= 15 is 0 Å². The average Bonchev–Trinajstić information content (AvgIpc) is 2.78. The van der Waals surface area contributed by atoms with Gasteiger partial charge in [0.2, 0.25) is 0 Å². The Morgan fingerprint density at radius 1 is 0.568 bits per heavy atom. The van der Waals surface area contributed by atoms with Gasteiger partial charge in [0.05, 0.1) is 0 Å². The maximum Gasteiger partial charge on any atom is 0.350 e. The van der Waals surface area contributed by atoms with E-state index < -0.39 is 35.5 Å². The van der Waals surface area contributed by atoms with Crippen molar-refractivity contribution in [1.82, 2.24) is 0 Å². The fourth-order valence-electron chi connectivity index (χ4n) is 3.54. The van der Waals surface area contributed by atoms with Crippen LogP contribution in [0.1, 0.15) is 38.8 Å². The van der Waals surface area contributed by atoms with Crippen LogP contribution in [0.4, 0.5) is 11.4 Å². The summed E-state index contributed by atoms with van der Waals surface area (Å²) < 4.78 is 20.3. The van der Waals surface area contributed by atoms with Gasteiger partial charge in [-0.15, -0.1) is 0 Å². The van der Waals surface area contributed by atoms with Gasteiger partial charge in [0, 0.05) is 51.5 Å². The molecular formula is C27H26N2O8. The van der Waals surface area contributed by atoms with Crippen LogP contribution < -0.4 is 10.6 Å². The molecule has 0 radical (unpaired) electrons. The second-order valence-corrected chi connectivity index (χ2v) is 9.33. The van der Waals surface area contributed by atoms with E-state index in [1.165, 1.54) is 40.1 Å². The molecule has 2 heterocycles. The highest BCUT2D eigenvalue weighted by Crippen LogP contribution is 2.24. The lowest BCUT2D eigenvalue weighted by molar-refractivity contribution is -0.224. The third-order valence-corrected chi connectivity index (χ3v) is 5.32. The van der Waals surface area contributed by atoms with Crippen molar-refractivity contribution in [1.29, 1.82) is 0 Å². The van der Waals surface area contributed by atoms with E-state index in [1.807, 2.05) is 48.5 Å². The molecule has 2 aromatic carbocycles. The number of cyclic esters (lactones) is 4. The minimum Gasteiger partial charge on any atom is -0.419 e. The number of anilines is 2. The lowest BCUT2D eigenvalue weighted by Gasteiger charge is -2.29. The number of ether oxygens (including phenoxy) is 4. The molecule has 10 nitrogen and oxygen atoms in total. The zero-order valence-electron chi connectivity index (χ0n) is 20.7. The van der Waals surface area contributed by atoms with E-state index in [9.17, 15) is 19.2 Å². The predicted octanol–water partition coefficient (Wildman–Crippen LogP) is 3.54. The van der Waals surface area contributed by atoms with Crippen LogP contribution in [-0.4, -0.2) is 35.5 Å². The molecule has 2 aromatic rings. The maximum atomic E-state index is 12.0. The van der Waals surface area contributed by atoms with Crippen LogP contribution in [-0.2, 0) is 44.5 Å². The zero-order chi connectivity index (χ0) is 26.8. The zero-order valence-corrected chi connectivity index (χ0v) is 20.7. The second-order valence-electron chi connectivity index (χ2n) is 9.33. The number of nitrogens with one attached hydrogen (secondary N) is 2. The molecule has 2 aliphatic heterocycles. The minimum atomic E-state index is -1.28. The number of hydrogen-bond acceptors (Lipinski definition) is 10. The van der Waals surface area contributed by atoms with Crippen molar-refractivity contribution in [3.05, 3.63) is 83.2 Å². The number of rotatable bonds is 6. The summed E-state index contributed by atoms with van der Waals surface area (Å²) in [7, 11) is 0. The summed E-state index contributed by atoms with van der Waals surface area (Å²) in [6, 6.07) is 14.9. The van der Waals surface area contributed by atoms with Crippen LogP contribution in [0.3, 0.4) is 0 Å². The molecule has 10 heteroatoms. The molecule has 0 saturated carbocycles. The first kappa shape index (κ1) is 25.5. The molecule has 0 unspecified atom stereocenters. The first-order chi connectivity index (χ1) is 17.4. The van der Waals surface area contributed by atoms with E-state index in [0.717, 1.165) is 11.1 Å². The van der Waals surface area contributed by atoms with E-state index in [4.69, 9.17) is 18.9 Å². The van der Waals surface area contributed by atoms with Crippen LogP contribution >= 0.6 is 0 Å². The third-order valence-electron chi connectivity index (χ3n) is 5.32. The number of carbonyl (C=O) groups is 4. The molecule has 2 N–H and O–H groups in total. The molecule has 4 rings (SSSR count). The van der Waals surface area contributed by atoms with Crippen molar-refractivity contribution in [2.75, 3.05) is 10.6 Å². The van der Waals surface area contributed by atoms with Gasteiger partial charge < -0.3 is 29.6 Å². The van der Waals surface area contributed by atoms with Gasteiger partial charge in [0.1, 0.15) is 0 Å². The topological polar surface area (TPSA) is 129 Å². The molecule has 192 valence electrons.